The highest BCUT2D eigenvalue weighted by molar-refractivity contribution is 5.92. The molecule has 0 saturated carbocycles. The number of rotatable bonds is 4. The molecule has 3 rings (SSSR count). The molecule has 1 saturated heterocycles. The Balaban J connectivity index is 1.80. The van der Waals surface area contributed by atoms with E-state index in [0.717, 1.165) is 38.0 Å². The third kappa shape index (κ3) is 3.17. The molecule has 0 spiro atoms. The predicted molar refractivity (Wildman–Crippen MR) is 83.4 cm³/mol. The van der Waals surface area contributed by atoms with E-state index in [1.165, 1.54) is 0 Å². The van der Waals surface area contributed by atoms with Crippen molar-refractivity contribution in [1.82, 2.24) is 25.2 Å². The normalized spacial score (nSPS) is 17.1. The van der Waals surface area contributed by atoms with Gasteiger partial charge in [-0.05, 0) is 38.1 Å². The van der Waals surface area contributed by atoms with Gasteiger partial charge in [-0.2, -0.15) is 0 Å². The maximum Gasteiger partial charge on any atom is 0.269 e. The van der Waals surface area contributed by atoms with Crippen LogP contribution in [0.25, 0.3) is 0 Å². The zero-order valence-electron chi connectivity index (χ0n) is 12.7. The van der Waals surface area contributed by atoms with Crippen LogP contribution in [0, 0.1) is 0 Å². The van der Waals surface area contributed by atoms with Crippen molar-refractivity contribution in [2.24, 2.45) is 7.05 Å². The topological polar surface area (TPSA) is 71.8 Å². The molecule has 0 radical (unpaired) electrons. The highest BCUT2D eigenvalue weighted by atomic mass is 16.2. The molecule has 0 aliphatic carbocycles. The van der Waals surface area contributed by atoms with Crippen molar-refractivity contribution in [3.05, 3.63) is 48.3 Å². The van der Waals surface area contributed by atoms with Crippen LogP contribution in [0.15, 0.2) is 36.9 Å². The second-order valence-electron chi connectivity index (χ2n) is 5.87. The third-order valence-corrected chi connectivity index (χ3v) is 4.23. The second kappa shape index (κ2) is 6.27. The van der Waals surface area contributed by atoms with Crippen molar-refractivity contribution in [1.29, 1.82) is 0 Å². The average Bonchev–Trinajstić information content (AvgIpc) is 2.95. The number of amides is 1. The molecule has 2 aromatic rings. The van der Waals surface area contributed by atoms with Crippen molar-refractivity contribution < 1.29 is 4.79 Å². The summed E-state index contributed by atoms with van der Waals surface area (Å²) in [4.78, 5) is 21.0. The van der Waals surface area contributed by atoms with Crippen LogP contribution in [0.5, 0.6) is 0 Å². The molecule has 1 aliphatic heterocycles. The standard InChI is InChI=1S/C16H21N5O/c1-21-12-18-11-14(21)15(22)20-16(5-8-17-9-6-16)10-13-4-2-3-7-19-13/h2-4,7,11-12,17H,5-6,8-10H2,1H3,(H,20,22). The highest BCUT2D eigenvalue weighted by Gasteiger charge is 2.34. The number of hydrogen-bond acceptors (Lipinski definition) is 4. The fraction of sp³-hybridized carbons (Fsp3) is 0.438. The van der Waals surface area contributed by atoms with Crippen LogP contribution in [0.1, 0.15) is 29.0 Å². The van der Waals surface area contributed by atoms with E-state index in [9.17, 15) is 4.79 Å². The number of nitrogens with zero attached hydrogens (tertiary/aromatic N) is 3. The van der Waals surface area contributed by atoms with Gasteiger partial charge in [-0.25, -0.2) is 4.98 Å². The summed E-state index contributed by atoms with van der Waals surface area (Å²) < 4.78 is 1.74. The first kappa shape index (κ1) is 14.7. The predicted octanol–water partition coefficient (Wildman–Crippen LogP) is 0.910. The minimum Gasteiger partial charge on any atom is -0.345 e. The molecule has 0 atom stereocenters. The molecule has 3 heterocycles. The number of carbonyl (C=O) groups excluding carboxylic acids is 1. The quantitative estimate of drug-likeness (QED) is 0.880. The molecule has 0 bridgehead atoms. The minimum atomic E-state index is -0.249. The van der Waals surface area contributed by atoms with Gasteiger partial charge in [0, 0.05) is 30.9 Å². The largest absolute Gasteiger partial charge is 0.345 e. The van der Waals surface area contributed by atoms with Crippen molar-refractivity contribution in [3.63, 3.8) is 0 Å². The number of hydrogen-bond donors (Lipinski definition) is 2. The van der Waals surface area contributed by atoms with E-state index in [2.05, 4.69) is 20.6 Å². The van der Waals surface area contributed by atoms with Gasteiger partial charge in [0.1, 0.15) is 5.69 Å². The van der Waals surface area contributed by atoms with E-state index in [0.29, 0.717) is 5.69 Å². The van der Waals surface area contributed by atoms with Crippen LogP contribution in [-0.4, -0.2) is 39.1 Å². The van der Waals surface area contributed by atoms with Crippen LogP contribution >= 0.6 is 0 Å². The van der Waals surface area contributed by atoms with Crippen LogP contribution < -0.4 is 10.6 Å². The Bertz CT molecular complexity index is 631. The summed E-state index contributed by atoms with van der Waals surface area (Å²) in [6.45, 7) is 1.80. The number of carbonyl (C=O) groups is 1. The zero-order valence-corrected chi connectivity index (χ0v) is 12.7. The fourth-order valence-electron chi connectivity index (χ4n) is 2.98. The highest BCUT2D eigenvalue weighted by Crippen LogP contribution is 2.23. The summed E-state index contributed by atoms with van der Waals surface area (Å²) in [5.41, 5.74) is 1.34. The third-order valence-electron chi connectivity index (χ3n) is 4.23. The van der Waals surface area contributed by atoms with Gasteiger partial charge < -0.3 is 15.2 Å². The van der Waals surface area contributed by atoms with Gasteiger partial charge in [-0.15, -0.1) is 0 Å². The van der Waals surface area contributed by atoms with E-state index in [1.807, 2.05) is 25.2 Å². The van der Waals surface area contributed by atoms with Gasteiger partial charge >= 0.3 is 0 Å². The number of pyridine rings is 1. The average molecular weight is 299 g/mol. The lowest BCUT2D eigenvalue weighted by molar-refractivity contribution is 0.0865. The van der Waals surface area contributed by atoms with Crippen LogP contribution in [0.3, 0.4) is 0 Å². The molecule has 22 heavy (non-hydrogen) atoms. The molecule has 0 aromatic carbocycles. The summed E-state index contributed by atoms with van der Waals surface area (Å²) in [7, 11) is 1.83. The Hall–Kier alpha value is -2.21. The Morgan fingerprint density at radius 1 is 1.41 bits per heavy atom. The summed E-state index contributed by atoms with van der Waals surface area (Å²) in [6.07, 6.45) is 7.58. The number of imidazole rings is 1. The molecule has 116 valence electrons. The maximum atomic E-state index is 12.6. The number of aromatic nitrogens is 3. The van der Waals surface area contributed by atoms with Gasteiger partial charge in [0.15, 0.2) is 0 Å². The van der Waals surface area contributed by atoms with Crippen molar-refractivity contribution >= 4 is 5.91 Å². The van der Waals surface area contributed by atoms with Gasteiger partial charge in [0.25, 0.3) is 5.91 Å². The molecule has 1 aliphatic rings. The van der Waals surface area contributed by atoms with Crippen LogP contribution in [0.2, 0.25) is 0 Å². The van der Waals surface area contributed by atoms with E-state index >= 15 is 0 Å². The number of nitrogens with one attached hydrogen (secondary N) is 2. The smallest absolute Gasteiger partial charge is 0.269 e. The van der Waals surface area contributed by atoms with E-state index in [4.69, 9.17) is 0 Å². The maximum absolute atomic E-state index is 12.6. The number of piperidine rings is 1. The Morgan fingerprint density at radius 2 is 2.23 bits per heavy atom. The van der Waals surface area contributed by atoms with Gasteiger partial charge in [-0.1, -0.05) is 6.07 Å². The van der Waals surface area contributed by atoms with Crippen molar-refractivity contribution in [2.75, 3.05) is 13.1 Å². The Kier molecular flexibility index (Phi) is 4.20. The molecular weight excluding hydrogens is 278 g/mol. The lowest BCUT2D eigenvalue weighted by Crippen LogP contribution is -2.56. The molecule has 2 aromatic heterocycles. The fourth-order valence-corrected chi connectivity index (χ4v) is 2.98. The Morgan fingerprint density at radius 3 is 2.86 bits per heavy atom. The molecule has 0 unspecified atom stereocenters. The Labute approximate surface area is 130 Å². The summed E-state index contributed by atoms with van der Waals surface area (Å²) in [5.74, 6) is -0.0715. The van der Waals surface area contributed by atoms with Crippen molar-refractivity contribution in [2.45, 2.75) is 24.8 Å². The first-order chi connectivity index (χ1) is 10.7. The van der Waals surface area contributed by atoms with E-state index < -0.39 is 0 Å². The molecule has 2 N–H and O–H groups in total. The summed E-state index contributed by atoms with van der Waals surface area (Å²) >= 11 is 0. The monoisotopic (exact) mass is 299 g/mol. The van der Waals surface area contributed by atoms with Gasteiger partial charge in [0.05, 0.1) is 12.5 Å². The molecule has 6 nitrogen and oxygen atoms in total. The molecule has 6 heteroatoms. The van der Waals surface area contributed by atoms with Crippen molar-refractivity contribution in [3.8, 4) is 0 Å². The van der Waals surface area contributed by atoms with Crippen LogP contribution in [0.4, 0.5) is 0 Å². The molecular formula is C16H21N5O. The van der Waals surface area contributed by atoms with Gasteiger partial charge in [0.2, 0.25) is 0 Å². The zero-order chi connectivity index (χ0) is 15.4. The summed E-state index contributed by atoms with van der Waals surface area (Å²) in [6, 6.07) is 5.91. The SMILES string of the molecule is Cn1cncc1C(=O)NC1(Cc2ccccn2)CCNCC1. The second-order valence-corrected chi connectivity index (χ2v) is 5.87. The minimum absolute atomic E-state index is 0.0715. The van der Waals surface area contributed by atoms with Gasteiger partial charge in [-0.3, -0.25) is 9.78 Å². The lowest BCUT2D eigenvalue weighted by atomic mass is 9.83. The lowest BCUT2D eigenvalue weighted by Gasteiger charge is -2.38. The van der Waals surface area contributed by atoms with E-state index in [-0.39, 0.29) is 11.4 Å². The number of aryl methyl sites for hydroxylation is 1. The first-order valence-corrected chi connectivity index (χ1v) is 7.58. The summed E-state index contributed by atoms with van der Waals surface area (Å²) in [5, 5.41) is 6.60. The van der Waals surface area contributed by atoms with Crippen LogP contribution in [-0.2, 0) is 13.5 Å². The molecule has 1 amide bonds. The van der Waals surface area contributed by atoms with E-state index in [1.54, 1.807) is 23.3 Å². The first-order valence-electron chi connectivity index (χ1n) is 7.58. The molecule has 1 fully saturated rings.